The van der Waals surface area contributed by atoms with Crippen LogP contribution in [0.25, 0.3) is 0 Å². The number of nitrogens with one attached hydrogen (secondary N) is 1. The molecular formula is C18H30N2O5. The summed E-state index contributed by atoms with van der Waals surface area (Å²) in [7, 11) is 0. The third kappa shape index (κ3) is 15.1. The summed E-state index contributed by atoms with van der Waals surface area (Å²) in [6.07, 6.45) is 13.7. The summed E-state index contributed by atoms with van der Waals surface area (Å²) in [4.78, 5) is 21.9. The minimum absolute atomic E-state index is 0.0483. The highest BCUT2D eigenvalue weighted by Crippen LogP contribution is 2.08. The lowest BCUT2D eigenvalue weighted by atomic mass is 10.1. The van der Waals surface area contributed by atoms with Crippen LogP contribution in [0.2, 0.25) is 0 Å². The van der Waals surface area contributed by atoms with Gasteiger partial charge in [-0.2, -0.15) is 0 Å². The Bertz CT molecular complexity index is 445. The van der Waals surface area contributed by atoms with Crippen molar-refractivity contribution in [2.45, 2.75) is 70.4 Å². The normalized spacial score (nSPS) is 13.0. The number of hydrogen-bond donors (Lipinski definition) is 3. The van der Waals surface area contributed by atoms with E-state index in [1.54, 1.807) is 0 Å². The summed E-state index contributed by atoms with van der Waals surface area (Å²) < 4.78 is 10.2. The molecule has 4 N–H and O–H groups in total. The molecule has 0 bridgehead atoms. The zero-order chi connectivity index (χ0) is 18.9. The summed E-state index contributed by atoms with van der Waals surface area (Å²) in [5.41, 5.74) is 5.37. The molecule has 0 aromatic rings. The van der Waals surface area contributed by atoms with Gasteiger partial charge in [0.1, 0.15) is 18.6 Å². The summed E-state index contributed by atoms with van der Waals surface area (Å²) in [5.74, 6) is 1.60. The van der Waals surface area contributed by atoms with Crippen LogP contribution in [0.4, 0.5) is 4.79 Å². The van der Waals surface area contributed by atoms with Gasteiger partial charge in [0.2, 0.25) is 0 Å². The van der Waals surface area contributed by atoms with Gasteiger partial charge in [-0.3, -0.25) is 4.79 Å². The molecule has 0 saturated heterocycles. The monoisotopic (exact) mass is 354 g/mol. The largest absolute Gasteiger partial charge is 0.495 e. The number of amides is 1. The molecule has 1 amide bonds. The molecule has 0 rings (SSSR count). The van der Waals surface area contributed by atoms with Crippen molar-refractivity contribution in [3.63, 3.8) is 0 Å². The van der Waals surface area contributed by atoms with Crippen molar-refractivity contribution in [3.05, 3.63) is 12.5 Å². The maximum absolute atomic E-state index is 11.4. The average molecular weight is 354 g/mol. The molecular weight excluding hydrogens is 324 g/mol. The fourth-order valence-corrected chi connectivity index (χ4v) is 2.00. The number of terminal acetylenes is 1. The van der Waals surface area contributed by atoms with E-state index in [1.807, 2.05) is 6.92 Å². The number of unbranched alkanes of at least 4 members (excludes halogenated alkanes) is 4. The maximum atomic E-state index is 11.4. The number of aliphatic carboxylic acids is 1. The number of hydrogen-bond acceptors (Lipinski definition) is 5. The molecule has 0 aromatic heterocycles. The number of ether oxygens (including phenoxy) is 2. The van der Waals surface area contributed by atoms with E-state index >= 15 is 0 Å². The van der Waals surface area contributed by atoms with Gasteiger partial charge in [0, 0.05) is 13.0 Å². The molecule has 0 aromatic carbocycles. The minimum Gasteiger partial charge on any atom is -0.495 e. The van der Waals surface area contributed by atoms with Gasteiger partial charge >= 0.3 is 12.1 Å². The minimum atomic E-state index is -1.01. The molecule has 2 atom stereocenters. The van der Waals surface area contributed by atoms with Gasteiger partial charge in [-0.1, -0.05) is 6.42 Å². The Labute approximate surface area is 149 Å². The van der Waals surface area contributed by atoms with Gasteiger partial charge in [-0.15, -0.1) is 12.3 Å². The van der Waals surface area contributed by atoms with Crippen LogP contribution in [-0.4, -0.2) is 35.9 Å². The van der Waals surface area contributed by atoms with E-state index in [4.69, 9.17) is 26.7 Å². The smallest absolute Gasteiger partial charge is 0.412 e. The van der Waals surface area contributed by atoms with Gasteiger partial charge in [-0.05, 0) is 45.4 Å². The predicted molar refractivity (Wildman–Crippen MR) is 95.6 cm³/mol. The average Bonchev–Trinajstić information content (AvgIpc) is 2.58. The molecule has 0 aliphatic heterocycles. The van der Waals surface area contributed by atoms with E-state index in [9.17, 15) is 9.59 Å². The van der Waals surface area contributed by atoms with Crippen molar-refractivity contribution < 1.29 is 24.2 Å². The number of carbonyl (C=O) groups excluding carboxylic acids is 1. The standard InChI is InChI=1S/C18H30N2O5/c1-3-4-5-6-7-10-15(2)24-13-14-25-18(23)20-12-9-8-11-16(19)17(21)22/h1,13-16H,4-12,19H2,2H3,(H,20,23)(H,21,22)/b14-13+/t15?,16-/m0/s1. The van der Waals surface area contributed by atoms with E-state index in [0.717, 1.165) is 32.1 Å². The highest BCUT2D eigenvalue weighted by molar-refractivity contribution is 5.72. The Kier molecular flexibility index (Phi) is 14.0. The van der Waals surface area contributed by atoms with Gasteiger partial charge in [0.05, 0.1) is 6.10 Å². The molecule has 0 spiro atoms. The first-order chi connectivity index (χ1) is 12.0. The van der Waals surface area contributed by atoms with Crippen LogP contribution in [0.1, 0.15) is 58.3 Å². The van der Waals surface area contributed by atoms with E-state index in [-0.39, 0.29) is 6.10 Å². The van der Waals surface area contributed by atoms with E-state index in [1.165, 1.54) is 12.5 Å². The van der Waals surface area contributed by atoms with Gasteiger partial charge in [0.15, 0.2) is 0 Å². The fraction of sp³-hybridized carbons (Fsp3) is 0.667. The molecule has 25 heavy (non-hydrogen) atoms. The Hall–Kier alpha value is -2.20. The summed E-state index contributed by atoms with van der Waals surface area (Å²) in [5, 5.41) is 11.2. The SMILES string of the molecule is C#CCCCCCC(C)O/C=C/OC(=O)NCCCC[C@H](N)C(=O)O. The van der Waals surface area contributed by atoms with Crippen molar-refractivity contribution in [3.8, 4) is 12.3 Å². The number of rotatable bonds is 14. The number of alkyl carbamates (subject to hydrolysis) is 1. The number of carboxylic acid groups (broad SMARTS) is 1. The van der Waals surface area contributed by atoms with E-state index in [0.29, 0.717) is 25.8 Å². The zero-order valence-electron chi connectivity index (χ0n) is 14.9. The lowest BCUT2D eigenvalue weighted by Gasteiger charge is -2.10. The number of nitrogens with two attached hydrogens (primary N) is 1. The van der Waals surface area contributed by atoms with Crippen LogP contribution >= 0.6 is 0 Å². The first kappa shape index (κ1) is 22.8. The number of carbonyl (C=O) groups is 2. The lowest BCUT2D eigenvalue weighted by Crippen LogP contribution is -2.30. The Morgan fingerprint density at radius 1 is 1.20 bits per heavy atom. The lowest BCUT2D eigenvalue weighted by molar-refractivity contribution is -0.138. The molecule has 142 valence electrons. The van der Waals surface area contributed by atoms with Gasteiger partial charge < -0.3 is 25.6 Å². The Morgan fingerprint density at radius 3 is 2.60 bits per heavy atom. The van der Waals surface area contributed by atoms with Crippen LogP contribution in [0, 0.1) is 12.3 Å². The van der Waals surface area contributed by atoms with Crippen LogP contribution in [0.3, 0.4) is 0 Å². The summed E-state index contributed by atoms with van der Waals surface area (Å²) in [6, 6.07) is -0.855. The molecule has 1 unspecified atom stereocenters. The first-order valence-corrected chi connectivity index (χ1v) is 8.64. The Morgan fingerprint density at radius 2 is 1.92 bits per heavy atom. The van der Waals surface area contributed by atoms with Gasteiger partial charge in [0.25, 0.3) is 0 Å². The van der Waals surface area contributed by atoms with Crippen LogP contribution < -0.4 is 11.1 Å². The molecule has 0 heterocycles. The van der Waals surface area contributed by atoms with E-state index in [2.05, 4.69) is 11.2 Å². The second-order valence-electron chi connectivity index (χ2n) is 5.79. The van der Waals surface area contributed by atoms with Crippen molar-refractivity contribution >= 4 is 12.1 Å². The maximum Gasteiger partial charge on any atom is 0.412 e. The highest BCUT2D eigenvalue weighted by Gasteiger charge is 2.10. The van der Waals surface area contributed by atoms with Gasteiger partial charge in [-0.25, -0.2) is 4.79 Å². The summed E-state index contributed by atoms with van der Waals surface area (Å²) >= 11 is 0. The summed E-state index contributed by atoms with van der Waals surface area (Å²) in [6.45, 7) is 2.35. The second-order valence-corrected chi connectivity index (χ2v) is 5.79. The van der Waals surface area contributed by atoms with E-state index < -0.39 is 18.1 Å². The third-order valence-electron chi connectivity index (χ3n) is 3.50. The Balaban J connectivity index is 3.56. The molecule has 7 nitrogen and oxygen atoms in total. The highest BCUT2D eigenvalue weighted by atomic mass is 16.6. The fourth-order valence-electron chi connectivity index (χ4n) is 2.00. The quantitative estimate of drug-likeness (QED) is 0.251. The number of carboxylic acids is 1. The predicted octanol–water partition coefficient (Wildman–Crippen LogP) is 2.75. The van der Waals surface area contributed by atoms with Crippen LogP contribution in [-0.2, 0) is 14.3 Å². The molecule has 0 radical (unpaired) electrons. The van der Waals surface area contributed by atoms with Crippen molar-refractivity contribution in [1.29, 1.82) is 0 Å². The van der Waals surface area contributed by atoms with Crippen LogP contribution in [0.5, 0.6) is 0 Å². The molecule has 0 aliphatic rings. The molecule has 0 saturated carbocycles. The van der Waals surface area contributed by atoms with Crippen molar-refractivity contribution in [2.24, 2.45) is 5.73 Å². The third-order valence-corrected chi connectivity index (χ3v) is 3.50. The molecule has 0 fully saturated rings. The second kappa shape index (κ2) is 15.3. The topological polar surface area (TPSA) is 111 Å². The van der Waals surface area contributed by atoms with Crippen molar-refractivity contribution in [1.82, 2.24) is 5.32 Å². The first-order valence-electron chi connectivity index (χ1n) is 8.64. The van der Waals surface area contributed by atoms with Crippen molar-refractivity contribution in [2.75, 3.05) is 6.54 Å². The molecule has 7 heteroatoms. The van der Waals surface area contributed by atoms with Crippen LogP contribution in [0.15, 0.2) is 12.5 Å². The molecule has 0 aliphatic carbocycles. The zero-order valence-corrected chi connectivity index (χ0v) is 14.9.